The molecule has 0 saturated carbocycles. The molecule has 0 unspecified atom stereocenters. The molecule has 0 amide bonds. The van der Waals surface area contributed by atoms with Crippen molar-refractivity contribution in [2.75, 3.05) is 0 Å². The Morgan fingerprint density at radius 2 is 1.83 bits per heavy atom. The summed E-state index contributed by atoms with van der Waals surface area (Å²) >= 11 is 1.52. The van der Waals surface area contributed by atoms with Crippen LogP contribution in [0.3, 0.4) is 0 Å². The van der Waals surface area contributed by atoms with Crippen LogP contribution in [0, 0.1) is 5.82 Å². The van der Waals surface area contributed by atoms with E-state index in [1.54, 1.807) is 10.6 Å². The van der Waals surface area contributed by atoms with Crippen LogP contribution in [0.15, 0.2) is 54.6 Å². The highest BCUT2D eigenvalue weighted by atomic mass is 32.1. The lowest BCUT2D eigenvalue weighted by atomic mass is 10.1. The maximum Gasteiger partial charge on any atom is 0.234 e. The van der Waals surface area contributed by atoms with Crippen LogP contribution < -0.4 is 0 Å². The predicted octanol–water partition coefficient (Wildman–Crippen LogP) is 3.78. The number of aromatic nitrogens is 4. The first-order chi connectivity index (χ1) is 11.3. The predicted molar refractivity (Wildman–Crippen MR) is 87.9 cm³/mol. The van der Waals surface area contributed by atoms with E-state index in [4.69, 9.17) is 0 Å². The minimum Gasteiger partial charge on any atom is -0.207 e. The molecule has 0 fully saturated rings. The number of halogens is 1. The van der Waals surface area contributed by atoms with Gasteiger partial charge in [-0.2, -0.15) is 9.61 Å². The molecule has 0 N–H and O–H groups in total. The van der Waals surface area contributed by atoms with Gasteiger partial charge in [-0.3, -0.25) is 0 Å². The Hall–Kier alpha value is -2.60. The summed E-state index contributed by atoms with van der Waals surface area (Å²) in [6.07, 6.45) is 1.78. The van der Waals surface area contributed by atoms with Gasteiger partial charge in [-0.25, -0.2) is 4.39 Å². The molecule has 0 aliphatic rings. The van der Waals surface area contributed by atoms with Crippen molar-refractivity contribution in [3.8, 4) is 11.4 Å². The fourth-order valence-electron chi connectivity index (χ4n) is 2.46. The van der Waals surface area contributed by atoms with Crippen molar-refractivity contribution >= 4 is 16.3 Å². The highest BCUT2D eigenvalue weighted by Crippen LogP contribution is 2.22. The monoisotopic (exact) mass is 324 g/mol. The zero-order valence-electron chi connectivity index (χ0n) is 12.2. The normalized spacial score (nSPS) is 11.2. The largest absolute Gasteiger partial charge is 0.234 e. The molecule has 2 heterocycles. The van der Waals surface area contributed by atoms with Gasteiger partial charge in [-0.1, -0.05) is 53.8 Å². The summed E-state index contributed by atoms with van der Waals surface area (Å²) in [4.78, 5) is 0.729. The Kier molecular flexibility index (Phi) is 3.59. The Balaban J connectivity index is 1.62. The summed E-state index contributed by atoms with van der Waals surface area (Å²) in [6, 6.07) is 16.6. The van der Waals surface area contributed by atoms with Crippen molar-refractivity contribution in [1.82, 2.24) is 19.8 Å². The van der Waals surface area contributed by atoms with Crippen LogP contribution in [0.1, 0.15) is 10.6 Å². The molecule has 4 nitrogen and oxygen atoms in total. The van der Waals surface area contributed by atoms with Gasteiger partial charge in [0, 0.05) is 12.0 Å². The molecule has 2 aromatic carbocycles. The van der Waals surface area contributed by atoms with Crippen molar-refractivity contribution in [2.45, 2.75) is 12.8 Å². The lowest BCUT2D eigenvalue weighted by Crippen LogP contribution is -1.95. The average molecular weight is 324 g/mol. The highest BCUT2D eigenvalue weighted by molar-refractivity contribution is 7.16. The first kappa shape index (κ1) is 14.0. The number of hydrogen-bond acceptors (Lipinski definition) is 4. The van der Waals surface area contributed by atoms with Gasteiger partial charge in [-0.05, 0) is 24.1 Å². The maximum absolute atomic E-state index is 13.4. The number of aryl methyl sites for hydroxylation is 2. The van der Waals surface area contributed by atoms with E-state index in [9.17, 15) is 4.39 Å². The van der Waals surface area contributed by atoms with Crippen LogP contribution in [0.2, 0.25) is 0 Å². The van der Waals surface area contributed by atoms with Crippen molar-refractivity contribution in [3.63, 3.8) is 0 Å². The smallest absolute Gasteiger partial charge is 0.207 e. The number of rotatable bonds is 4. The second-order valence-electron chi connectivity index (χ2n) is 5.21. The topological polar surface area (TPSA) is 43.1 Å². The van der Waals surface area contributed by atoms with Crippen molar-refractivity contribution in [1.29, 1.82) is 0 Å². The first-order valence-corrected chi connectivity index (χ1v) is 8.12. The first-order valence-electron chi connectivity index (χ1n) is 7.30. The van der Waals surface area contributed by atoms with Crippen LogP contribution >= 0.6 is 11.3 Å². The molecule has 6 heteroatoms. The third-order valence-electron chi connectivity index (χ3n) is 3.59. The van der Waals surface area contributed by atoms with E-state index in [1.165, 1.54) is 29.0 Å². The molecule has 23 heavy (non-hydrogen) atoms. The fraction of sp³-hybridized carbons (Fsp3) is 0.118. The van der Waals surface area contributed by atoms with Crippen molar-refractivity contribution in [3.05, 3.63) is 71.0 Å². The van der Waals surface area contributed by atoms with Gasteiger partial charge < -0.3 is 0 Å². The van der Waals surface area contributed by atoms with E-state index >= 15 is 0 Å². The van der Waals surface area contributed by atoms with E-state index < -0.39 is 0 Å². The Morgan fingerprint density at radius 1 is 0.957 bits per heavy atom. The van der Waals surface area contributed by atoms with Crippen LogP contribution in [0.4, 0.5) is 4.39 Å². The van der Waals surface area contributed by atoms with Crippen LogP contribution in [-0.2, 0) is 12.8 Å². The van der Waals surface area contributed by atoms with E-state index in [1.807, 2.05) is 24.3 Å². The summed E-state index contributed by atoms with van der Waals surface area (Å²) in [7, 11) is 0. The van der Waals surface area contributed by atoms with Gasteiger partial charge in [0.1, 0.15) is 10.8 Å². The van der Waals surface area contributed by atoms with Crippen LogP contribution in [-0.4, -0.2) is 19.8 Å². The molecule has 0 spiro atoms. The van der Waals surface area contributed by atoms with E-state index in [0.29, 0.717) is 11.4 Å². The molecular formula is C17H13FN4S. The van der Waals surface area contributed by atoms with Gasteiger partial charge in [0.15, 0.2) is 5.82 Å². The fourth-order valence-corrected chi connectivity index (χ4v) is 3.29. The zero-order valence-corrected chi connectivity index (χ0v) is 13.0. The van der Waals surface area contributed by atoms with E-state index in [0.717, 1.165) is 22.8 Å². The minimum atomic E-state index is -0.293. The highest BCUT2D eigenvalue weighted by Gasteiger charge is 2.13. The zero-order chi connectivity index (χ0) is 15.6. The average Bonchev–Trinajstić information content (AvgIpc) is 3.14. The summed E-state index contributed by atoms with van der Waals surface area (Å²) in [5, 5.41) is 13.8. The van der Waals surface area contributed by atoms with E-state index in [2.05, 4.69) is 27.4 Å². The molecule has 114 valence electrons. The molecule has 0 atom stereocenters. The second-order valence-corrected chi connectivity index (χ2v) is 6.25. The summed E-state index contributed by atoms with van der Waals surface area (Å²) in [5.74, 6) is 0.278. The van der Waals surface area contributed by atoms with Crippen molar-refractivity contribution < 1.29 is 4.39 Å². The second kappa shape index (κ2) is 5.89. The molecule has 4 rings (SSSR count). The molecule has 0 saturated heterocycles. The summed E-state index contributed by atoms with van der Waals surface area (Å²) in [5.41, 5.74) is 1.96. The number of nitrogens with zero attached hydrogens (tertiary/aromatic N) is 4. The van der Waals surface area contributed by atoms with Crippen molar-refractivity contribution in [2.24, 2.45) is 0 Å². The third-order valence-corrected chi connectivity index (χ3v) is 4.54. The number of fused-ring (bicyclic) bond motifs is 1. The summed E-state index contributed by atoms with van der Waals surface area (Å²) in [6.45, 7) is 0. The van der Waals surface area contributed by atoms with Gasteiger partial charge >= 0.3 is 0 Å². The quantitative estimate of drug-likeness (QED) is 0.574. The molecule has 0 radical (unpaired) electrons. The van der Waals surface area contributed by atoms with Crippen LogP contribution in [0.25, 0.3) is 16.3 Å². The minimum absolute atomic E-state index is 0.293. The maximum atomic E-state index is 13.4. The standard InChI is InChI=1S/C17H13FN4S/c18-14-8-4-7-13(11-14)16-19-20-17-22(16)21-15(23-17)10-9-12-5-2-1-3-6-12/h1-8,11H,9-10H2. The Bertz CT molecular complexity index is 946. The van der Waals surface area contributed by atoms with Crippen LogP contribution in [0.5, 0.6) is 0 Å². The molecule has 0 aliphatic carbocycles. The van der Waals surface area contributed by atoms with Gasteiger partial charge in [0.2, 0.25) is 4.96 Å². The number of hydrogen-bond donors (Lipinski definition) is 0. The van der Waals surface area contributed by atoms with E-state index in [-0.39, 0.29) is 5.82 Å². The Labute approximate surface area is 136 Å². The lowest BCUT2D eigenvalue weighted by Gasteiger charge is -1.98. The number of benzene rings is 2. The molecule has 0 aliphatic heterocycles. The molecule has 2 aromatic heterocycles. The lowest BCUT2D eigenvalue weighted by molar-refractivity contribution is 0.628. The summed E-state index contributed by atoms with van der Waals surface area (Å²) < 4.78 is 15.1. The van der Waals surface area contributed by atoms with Gasteiger partial charge in [0.05, 0.1) is 0 Å². The van der Waals surface area contributed by atoms with Gasteiger partial charge in [-0.15, -0.1) is 10.2 Å². The molecular weight excluding hydrogens is 311 g/mol. The third kappa shape index (κ3) is 2.85. The molecule has 0 bridgehead atoms. The Morgan fingerprint density at radius 3 is 2.65 bits per heavy atom. The molecule has 4 aromatic rings. The SMILES string of the molecule is Fc1cccc(-c2nnc3sc(CCc4ccccc4)nn23)c1. The van der Waals surface area contributed by atoms with Gasteiger partial charge in [0.25, 0.3) is 0 Å².